The summed E-state index contributed by atoms with van der Waals surface area (Å²) in [7, 11) is 0. The lowest BCUT2D eigenvalue weighted by atomic mass is 9.81. The number of hydrogen-bond donors (Lipinski definition) is 2. The number of carbonyl (C=O) groups is 2. The van der Waals surface area contributed by atoms with Crippen LogP contribution >= 0.6 is 0 Å². The summed E-state index contributed by atoms with van der Waals surface area (Å²) in [5, 5.41) is 11.8. The van der Waals surface area contributed by atoms with E-state index >= 15 is 0 Å². The number of aliphatic carboxylic acids is 1. The van der Waals surface area contributed by atoms with Crippen molar-refractivity contribution in [2.24, 2.45) is 0 Å². The van der Waals surface area contributed by atoms with Crippen molar-refractivity contribution in [3.05, 3.63) is 12.2 Å². The van der Waals surface area contributed by atoms with E-state index in [-0.39, 0.29) is 5.91 Å². The van der Waals surface area contributed by atoms with Crippen LogP contribution in [0.3, 0.4) is 0 Å². The molecular formula is C11H17NO3. The number of carboxylic acid groups (broad SMARTS) is 1. The van der Waals surface area contributed by atoms with Crippen LogP contribution in [0, 0.1) is 0 Å². The van der Waals surface area contributed by atoms with Gasteiger partial charge in [-0.25, -0.2) is 4.79 Å². The van der Waals surface area contributed by atoms with Crippen molar-refractivity contribution in [2.45, 2.75) is 44.6 Å². The predicted octanol–water partition coefficient (Wildman–Crippen LogP) is 1.47. The van der Waals surface area contributed by atoms with Gasteiger partial charge < -0.3 is 10.4 Å². The van der Waals surface area contributed by atoms with Crippen molar-refractivity contribution in [2.75, 3.05) is 0 Å². The van der Waals surface area contributed by atoms with Crippen molar-refractivity contribution in [1.82, 2.24) is 5.32 Å². The highest BCUT2D eigenvalue weighted by atomic mass is 16.4. The summed E-state index contributed by atoms with van der Waals surface area (Å²) in [6.45, 7) is 1.73. The Balaban J connectivity index is 2.72. The van der Waals surface area contributed by atoms with Gasteiger partial charge in [0.15, 0.2) is 0 Å². The summed E-state index contributed by atoms with van der Waals surface area (Å²) in [5.74, 6) is -1.23. The third-order valence-corrected chi connectivity index (χ3v) is 2.80. The molecule has 1 aliphatic carbocycles. The number of carbonyl (C=O) groups excluding carboxylic acids is 1. The van der Waals surface area contributed by atoms with Gasteiger partial charge in [0.05, 0.1) is 0 Å². The third-order valence-electron chi connectivity index (χ3n) is 2.80. The quantitative estimate of drug-likeness (QED) is 0.694. The van der Waals surface area contributed by atoms with Gasteiger partial charge in [-0.3, -0.25) is 4.79 Å². The fourth-order valence-electron chi connectivity index (χ4n) is 1.98. The molecule has 0 saturated heterocycles. The summed E-state index contributed by atoms with van der Waals surface area (Å²) in [6.07, 6.45) is 6.81. The normalized spacial score (nSPS) is 20.1. The second-order valence-electron chi connectivity index (χ2n) is 3.94. The number of carboxylic acids is 1. The Morgan fingerprint density at radius 2 is 1.87 bits per heavy atom. The first kappa shape index (κ1) is 11.8. The Morgan fingerprint density at radius 1 is 1.27 bits per heavy atom. The first-order chi connectivity index (χ1) is 7.10. The van der Waals surface area contributed by atoms with Crippen molar-refractivity contribution in [1.29, 1.82) is 0 Å². The highest BCUT2D eigenvalue weighted by Crippen LogP contribution is 2.28. The minimum Gasteiger partial charge on any atom is -0.480 e. The lowest BCUT2D eigenvalue weighted by Gasteiger charge is -2.33. The molecule has 0 aromatic rings. The summed E-state index contributed by atoms with van der Waals surface area (Å²) in [5.41, 5.74) is -1.03. The summed E-state index contributed by atoms with van der Waals surface area (Å²) < 4.78 is 0. The van der Waals surface area contributed by atoms with Crippen LogP contribution in [0.2, 0.25) is 0 Å². The van der Waals surface area contributed by atoms with Crippen LogP contribution in [-0.4, -0.2) is 22.5 Å². The number of rotatable bonds is 3. The molecule has 0 aromatic heterocycles. The topological polar surface area (TPSA) is 66.4 Å². The summed E-state index contributed by atoms with van der Waals surface area (Å²) >= 11 is 0. The first-order valence-corrected chi connectivity index (χ1v) is 5.29. The van der Waals surface area contributed by atoms with E-state index in [1.807, 2.05) is 0 Å². The van der Waals surface area contributed by atoms with Crippen molar-refractivity contribution < 1.29 is 14.7 Å². The van der Waals surface area contributed by atoms with Crippen LogP contribution in [0.5, 0.6) is 0 Å². The van der Waals surface area contributed by atoms with Crippen LogP contribution in [0.1, 0.15) is 39.0 Å². The molecule has 84 valence electrons. The minimum absolute atomic E-state index is 0.318. The van der Waals surface area contributed by atoms with E-state index in [4.69, 9.17) is 5.11 Å². The highest BCUT2D eigenvalue weighted by molar-refractivity contribution is 5.93. The molecule has 0 heterocycles. The van der Waals surface area contributed by atoms with E-state index in [1.165, 1.54) is 6.08 Å². The van der Waals surface area contributed by atoms with Crippen LogP contribution < -0.4 is 5.32 Å². The molecule has 4 nitrogen and oxygen atoms in total. The van der Waals surface area contributed by atoms with E-state index in [0.717, 1.165) is 19.3 Å². The minimum atomic E-state index is -1.03. The molecule has 1 amide bonds. The van der Waals surface area contributed by atoms with Crippen LogP contribution in [0.25, 0.3) is 0 Å². The second-order valence-corrected chi connectivity index (χ2v) is 3.94. The molecular weight excluding hydrogens is 194 g/mol. The van der Waals surface area contributed by atoms with Gasteiger partial charge in [-0.05, 0) is 25.8 Å². The molecule has 1 aliphatic rings. The number of amides is 1. The zero-order valence-electron chi connectivity index (χ0n) is 8.95. The maximum atomic E-state index is 11.4. The Hall–Kier alpha value is -1.32. The molecule has 1 fully saturated rings. The van der Waals surface area contributed by atoms with Gasteiger partial charge >= 0.3 is 5.97 Å². The number of allylic oxidation sites excluding steroid dienone is 1. The van der Waals surface area contributed by atoms with Crippen molar-refractivity contribution in [3.8, 4) is 0 Å². The van der Waals surface area contributed by atoms with Gasteiger partial charge in [0, 0.05) is 0 Å². The van der Waals surface area contributed by atoms with E-state index in [2.05, 4.69) is 5.32 Å². The van der Waals surface area contributed by atoms with E-state index in [1.54, 1.807) is 13.0 Å². The second kappa shape index (κ2) is 4.96. The molecule has 0 radical (unpaired) electrons. The molecule has 0 aliphatic heterocycles. The van der Waals surface area contributed by atoms with E-state index < -0.39 is 11.5 Å². The van der Waals surface area contributed by atoms with Gasteiger partial charge in [0.2, 0.25) is 5.91 Å². The van der Waals surface area contributed by atoms with Gasteiger partial charge in [0.25, 0.3) is 0 Å². The lowest BCUT2D eigenvalue weighted by Crippen LogP contribution is -2.55. The fraction of sp³-hybridized carbons (Fsp3) is 0.636. The Kier molecular flexibility index (Phi) is 3.88. The van der Waals surface area contributed by atoms with Gasteiger partial charge in [-0.1, -0.05) is 25.3 Å². The lowest BCUT2D eigenvalue weighted by molar-refractivity contribution is -0.148. The Labute approximate surface area is 89.4 Å². The molecule has 0 atom stereocenters. The van der Waals surface area contributed by atoms with E-state index in [9.17, 15) is 9.59 Å². The zero-order valence-corrected chi connectivity index (χ0v) is 8.95. The average molecular weight is 211 g/mol. The predicted molar refractivity (Wildman–Crippen MR) is 56.4 cm³/mol. The Bertz CT molecular complexity index is 278. The van der Waals surface area contributed by atoms with Crippen LogP contribution in [0.15, 0.2) is 12.2 Å². The van der Waals surface area contributed by atoms with E-state index in [0.29, 0.717) is 12.8 Å². The number of hydrogen-bond acceptors (Lipinski definition) is 2. The summed E-state index contributed by atoms with van der Waals surface area (Å²) in [6, 6.07) is 0. The van der Waals surface area contributed by atoms with Gasteiger partial charge in [0.1, 0.15) is 5.54 Å². The average Bonchev–Trinajstić information content (AvgIpc) is 2.19. The number of nitrogens with one attached hydrogen (secondary N) is 1. The fourth-order valence-corrected chi connectivity index (χ4v) is 1.98. The molecule has 4 heteroatoms. The highest BCUT2D eigenvalue weighted by Gasteiger charge is 2.40. The molecule has 15 heavy (non-hydrogen) atoms. The smallest absolute Gasteiger partial charge is 0.329 e. The standard InChI is InChI=1S/C11H17NO3/c1-2-6-9(13)12-11(10(14)15)7-4-3-5-8-11/h2,6H,3-5,7-8H2,1H3,(H,12,13)(H,14,15)/b6-2+. The maximum Gasteiger partial charge on any atom is 0.329 e. The molecule has 1 saturated carbocycles. The van der Waals surface area contributed by atoms with Crippen LogP contribution in [-0.2, 0) is 9.59 Å². The first-order valence-electron chi connectivity index (χ1n) is 5.29. The Morgan fingerprint density at radius 3 is 2.33 bits per heavy atom. The third kappa shape index (κ3) is 2.81. The maximum absolute atomic E-state index is 11.4. The monoisotopic (exact) mass is 211 g/mol. The van der Waals surface area contributed by atoms with Crippen LogP contribution in [0.4, 0.5) is 0 Å². The molecule has 0 bridgehead atoms. The molecule has 0 aromatic carbocycles. The zero-order chi connectivity index (χ0) is 11.3. The summed E-state index contributed by atoms with van der Waals surface area (Å²) in [4.78, 5) is 22.5. The molecule has 2 N–H and O–H groups in total. The molecule has 1 rings (SSSR count). The largest absolute Gasteiger partial charge is 0.480 e. The van der Waals surface area contributed by atoms with Gasteiger partial charge in [-0.2, -0.15) is 0 Å². The van der Waals surface area contributed by atoms with Gasteiger partial charge in [-0.15, -0.1) is 0 Å². The SMILES string of the molecule is C/C=C/C(=O)NC1(C(=O)O)CCCCC1. The van der Waals surface area contributed by atoms with Crippen molar-refractivity contribution in [3.63, 3.8) is 0 Å². The van der Waals surface area contributed by atoms with Crippen molar-refractivity contribution >= 4 is 11.9 Å². The molecule has 0 unspecified atom stereocenters. The molecule has 0 spiro atoms.